The highest BCUT2D eigenvalue weighted by molar-refractivity contribution is 5.76. The minimum Gasteiger partial charge on any atom is -0.486 e. The summed E-state index contributed by atoms with van der Waals surface area (Å²) in [5.41, 5.74) is 2.41. The number of halogens is 1. The fourth-order valence-corrected chi connectivity index (χ4v) is 3.64. The van der Waals surface area contributed by atoms with Gasteiger partial charge >= 0.3 is 0 Å². The topological polar surface area (TPSA) is 48.3 Å². The molecule has 0 fully saturated rings. The van der Waals surface area contributed by atoms with Crippen LogP contribution in [0.1, 0.15) is 37.7 Å². The third-order valence-corrected chi connectivity index (χ3v) is 5.01. The number of aryl methyl sites for hydroxylation is 1. The first-order chi connectivity index (χ1) is 13.2. The van der Waals surface area contributed by atoms with Gasteiger partial charge in [-0.3, -0.25) is 0 Å². The van der Waals surface area contributed by atoms with E-state index in [1.165, 1.54) is 6.07 Å². The Morgan fingerprint density at radius 2 is 1.96 bits per heavy atom. The quantitative estimate of drug-likeness (QED) is 0.707. The first kappa shape index (κ1) is 17.8. The normalized spacial score (nSPS) is 14.5. The molecule has 27 heavy (non-hydrogen) atoms. The number of nitrogens with one attached hydrogen (secondary N) is 1. The van der Waals surface area contributed by atoms with Crippen LogP contribution in [0.15, 0.2) is 36.4 Å². The average Bonchev–Trinajstić information content (AvgIpc) is 3.07. The van der Waals surface area contributed by atoms with E-state index in [1.54, 1.807) is 6.07 Å². The van der Waals surface area contributed by atoms with Crippen molar-refractivity contribution in [1.82, 2.24) is 14.9 Å². The van der Waals surface area contributed by atoms with Gasteiger partial charge in [0.2, 0.25) is 0 Å². The molecule has 3 aromatic rings. The Hall–Kier alpha value is -2.60. The molecule has 1 aromatic heterocycles. The number of nitrogens with zero attached hydrogens (tertiary/aromatic N) is 2. The molecule has 6 heteroatoms. The van der Waals surface area contributed by atoms with Crippen LogP contribution in [0.2, 0.25) is 0 Å². The van der Waals surface area contributed by atoms with Crippen LogP contribution in [0.4, 0.5) is 4.39 Å². The molecule has 0 radical (unpaired) electrons. The maximum Gasteiger partial charge on any atom is 0.161 e. The monoisotopic (exact) mass is 369 g/mol. The lowest BCUT2D eigenvalue weighted by molar-refractivity contribution is 0.171. The molecule has 5 nitrogen and oxygen atoms in total. The van der Waals surface area contributed by atoms with Crippen molar-refractivity contribution in [3.05, 3.63) is 53.6 Å². The van der Waals surface area contributed by atoms with Gasteiger partial charge in [-0.25, -0.2) is 9.37 Å². The second-order valence-electron chi connectivity index (χ2n) is 6.62. The third kappa shape index (κ3) is 3.37. The highest BCUT2D eigenvalue weighted by atomic mass is 19.1. The fourth-order valence-electron chi connectivity index (χ4n) is 3.64. The molecule has 1 unspecified atom stereocenters. The van der Waals surface area contributed by atoms with E-state index in [9.17, 15) is 4.39 Å². The Bertz CT molecular complexity index is 954. The molecule has 1 aliphatic heterocycles. The zero-order valence-electron chi connectivity index (χ0n) is 15.7. The van der Waals surface area contributed by atoms with E-state index in [4.69, 9.17) is 9.47 Å². The summed E-state index contributed by atoms with van der Waals surface area (Å²) in [7, 11) is 0. The van der Waals surface area contributed by atoms with Gasteiger partial charge in [0, 0.05) is 12.6 Å². The molecule has 0 saturated heterocycles. The van der Waals surface area contributed by atoms with Crippen LogP contribution < -0.4 is 14.8 Å². The maximum atomic E-state index is 14.1. The molecule has 0 spiro atoms. The minimum absolute atomic E-state index is 0.149. The second-order valence-corrected chi connectivity index (χ2v) is 6.62. The smallest absolute Gasteiger partial charge is 0.161 e. The summed E-state index contributed by atoms with van der Waals surface area (Å²) in [6.07, 6.45) is 0.917. The lowest BCUT2D eigenvalue weighted by atomic mass is 10.0. The van der Waals surface area contributed by atoms with Crippen LogP contribution >= 0.6 is 0 Å². The summed E-state index contributed by atoms with van der Waals surface area (Å²) in [4.78, 5) is 4.53. The number of hydrogen-bond acceptors (Lipinski definition) is 4. The Balaban J connectivity index is 1.56. The van der Waals surface area contributed by atoms with Crippen molar-refractivity contribution in [3.8, 4) is 11.5 Å². The summed E-state index contributed by atoms with van der Waals surface area (Å²) >= 11 is 0. The van der Waals surface area contributed by atoms with Crippen LogP contribution in [0.25, 0.3) is 11.0 Å². The summed E-state index contributed by atoms with van der Waals surface area (Å²) in [6.45, 7) is 6.66. The molecule has 142 valence electrons. The second kappa shape index (κ2) is 7.56. The standard InChI is InChI=1S/C21H24FN3O2/c1-3-16(14-8-9-18-19(12-14)27-11-10-26-18)23-13-20-24-21-15(22)6-5-7-17(21)25(20)4-2/h5-9,12,16,23H,3-4,10-11,13H2,1-2H3. The summed E-state index contributed by atoms with van der Waals surface area (Å²) < 4.78 is 27.4. The number of fused-ring (bicyclic) bond motifs is 2. The van der Waals surface area contributed by atoms with Crippen LogP contribution in [0, 0.1) is 5.82 Å². The van der Waals surface area contributed by atoms with E-state index in [2.05, 4.69) is 27.9 Å². The first-order valence-corrected chi connectivity index (χ1v) is 9.47. The zero-order valence-corrected chi connectivity index (χ0v) is 15.7. The van der Waals surface area contributed by atoms with Gasteiger partial charge in [0.05, 0.1) is 12.1 Å². The Kier molecular flexibility index (Phi) is 4.99. The Morgan fingerprint density at radius 3 is 2.74 bits per heavy atom. The lowest BCUT2D eigenvalue weighted by Crippen LogP contribution is -2.23. The summed E-state index contributed by atoms with van der Waals surface area (Å²) in [6, 6.07) is 11.3. The van der Waals surface area contributed by atoms with Gasteiger partial charge in [-0.05, 0) is 43.2 Å². The molecule has 1 atom stereocenters. The third-order valence-electron chi connectivity index (χ3n) is 5.01. The van der Waals surface area contributed by atoms with Crippen LogP contribution in [-0.2, 0) is 13.1 Å². The van der Waals surface area contributed by atoms with Crippen molar-refractivity contribution < 1.29 is 13.9 Å². The van der Waals surface area contributed by atoms with Crippen molar-refractivity contribution in [2.45, 2.75) is 39.4 Å². The van der Waals surface area contributed by atoms with Crippen molar-refractivity contribution in [2.24, 2.45) is 0 Å². The highest BCUT2D eigenvalue weighted by Crippen LogP contribution is 2.33. The average molecular weight is 369 g/mol. The van der Waals surface area contributed by atoms with E-state index in [0.29, 0.717) is 25.3 Å². The highest BCUT2D eigenvalue weighted by Gasteiger charge is 2.18. The Morgan fingerprint density at radius 1 is 1.15 bits per heavy atom. The number of rotatable bonds is 6. The molecule has 0 aliphatic carbocycles. The Labute approximate surface area is 158 Å². The molecule has 0 saturated carbocycles. The van der Waals surface area contributed by atoms with Crippen LogP contribution in [0.3, 0.4) is 0 Å². The number of para-hydroxylation sites is 1. The van der Waals surface area contributed by atoms with E-state index in [0.717, 1.165) is 41.4 Å². The number of ether oxygens (including phenoxy) is 2. The minimum atomic E-state index is -0.278. The van der Waals surface area contributed by atoms with E-state index in [-0.39, 0.29) is 11.9 Å². The number of imidazole rings is 1. The molecule has 2 heterocycles. The SMILES string of the molecule is CCC(NCc1nc2c(F)cccc2n1CC)c1ccc2c(c1)OCCO2. The van der Waals surface area contributed by atoms with Crippen molar-refractivity contribution in [1.29, 1.82) is 0 Å². The van der Waals surface area contributed by atoms with Gasteiger partial charge in [-0.15, -0.1) is 0 Å². The number of benzene rings is 2. The van der Waals surface area contributed by atoms with E-state index in [1.807, 2.05) is 25.1 Å². The summed E-state index contributed by atoms with van der Waals surface area (Å²) in [5.74, 6) is 2.15. The van der Waals surface area contributed by atoms with Crippen molar-refractivity contribution in [3.63, 3.8) is 0 Å². The molecule has 1 aliphatic rings. The van der Waals surface area contributed by atoms with E-state index < -0.39 is 0 Å². The molecular weight excluding hydrogens is 345 g/mol. The van der Waals surface area contributed by atoms with E-state index >= 15 is 0 Å². The van der Waals surface area contributed by atoms with Gasteiger partial charge < -0.3 is 19.4 Å². The largest absolute Gasteiger partial charge is 0.486 e. The maximum absolute atomic E-state index is 14.1. The van der Waals surface area contributed by atoms with Gasteiger partial charge in [0.1, 0.15) is 24.6 Å². The predicted octanol–water partition coefficient (Wildman–Crippen LogP) is 4.21. The first-order valence-electron chi connectivity index (χ1n) is 9.47. The molecular formula is C21H24FN3O2. The predicted molar refractivity (Wildman–Crippen MR) is 103 cm³/mol. The lowest BCUT2D eigenvalue weighted by Gasteiger charge is -2.22. The molecule has 4 rings (SSSR count). The van der Waals surface area contributed by atoms with Gasteiger partial charge in [0.15, 0.2) is 17.3 Å². The molecule has 0 amide bonds. The summed E-state index contributed by atoms with van der Waals surface area (Å²) in [5, 5.41) is 3.56. The van der Waals surface area contributed by atoms with Gasteiger partial charge in [-0.1, -0.05) is 19.1 Å². The van der Waals surface area contributed by atoms with Gasteiger partial charge in [-0.2, -0.15) is 0 Å². The fraction of sp³-hybridized carbons (Fsp3) is 0.381. The van der Waals surface area contributed by atoms with Crippen LogP contribution in [-0.4, -0.2) is 22.8 Å². The molecule has 2 aromatic carbocycles. The number of aromatic nitrogens is 2. The number of hydrogen-bond donors (Lipinski definition) is 1. The van der Waals surface area contributed by atoms with Crippen LogP contribution in [0.5, 0.6) is 11.5 Å². The molecule has 0 bridgehead atoms. The van der Waals surface area contributed by atoms with Gasteiger partial charge in [0.25, 0.3) is 0 Å². The van der Waals surface area contributed by atoms with Crippen molar-refractivity contribution in [2.75, 3.05) is 13.2 Å². The van der Waals surface area contributed by atoms with Crippen molar-refractivity contribution >= 4 is 11.0 Å². The molecule has 1 N–H and O–H groups in total. The zero-order chi connectivity index (χ0) is 18.8.